The molecular formula is C15H8F3N3O. The smallest absolute Gasteiger partial charge is 0.404 e. The van der Waals surface area contributed by atoms with Gasteiger partial charge in [-0.15, -0.1) is 4.52 Å². The molecule has 0 saturated heterocycles. The van der Waals surface area contributed by atoms with Gasteiger partial charge in [-0.2, -0.15) is 13.2 Å². The molecule has 0 radical (unpaired) electrons. The van der Waals surface area contributed by atoms with E-state index in [-0.39, 0.29) is 5.39 Å². The summed E-state index contributed by atoms with van der Waals surface area (Å²) in [7, 11) is 0. The maximum atomic E-state index is 12.9. The first-order chi connectivity index (χ1) is 10.5. The molecule has 4 nitrogen and oxygen atoms in total. The summed E-state index contributed by atoms with van der Waals surface area (Å²) in [6.07, 6.45) is -4.96. The lowest BCUT2D eigenvalue weighted by molar-refractivity contribution is -0.568. The van der Waals surface area contributed by atoms with Crippen molar-refractivity contribution in [3.05, 3.63) is 53.9 Å². The number of nitrogens with zero attached hydrogens (tertiary/aromatic N) is 3. The van der Waals surface area contributed by atoms with Gasteiger partial charge >= 0.3 is 6.18 Å². The Morgan fingerprint density at radius 3 is 2.36 bits per heavy atom. The molecule has 0 amide bonds. The number of para-hydroxylation sites is 2. The van der Waals surface area contributed by atoms with E-state index in [1.807, 2.05) is 0 Å². The second kappa shape index (κ2) is 4.09. The summed E-state index contributed by atoms with van der Waals surface area (Å²) in [5.41, 5.74) is 1.66. The molecule has 7 heteroatoms. The number of aromatic nitrogens is 3. The Morgan fingerprint density at radius 1 is 1.00 bits per heavy atom. The molecule has 0 aliphatic heterocycles. The highest BCUT2D eigenvalue weighted by Crippen LogP contribution is 2.22. The summed E-state index contributed by atoms with van der Waals surface area (Å²) in [5.74, 6) is -1.90. The van der Waals surface area contributed by atoms with Crippen molar-refractivity contribution in [2.75, 3.05) is 0 Å². The van der Waals surface area contributed by atoms with Gasteiger partial charge in [0, 0.05) is 5.76 Å². The molecule has 2 aromatic heterocycles. The number of fused-ring (bicyclic) bond motifs is 5. The van der Waals surface area contributed by atoms with Gasteiger partial charge in [0.1, 0.15) is 5.35 Å². The highest BCUT2D eigenvalue weighted by atomic mass is 19.4. The number of rotatable bonds is 0. The van der Waals surface area contributed by atoms with Gasteiger partial charge in [0.05, 0.1) is 10.5 Å². The van der Waals surface area contributed by atoms with Crippen molar-refractivity contribution in [1.82, 2.24) is 9.73 Å². The van der Waals surface area contributed by atoms with Crippen molar-refractivity contribution < 1.29 is 22.8 Å². The molecule has 0 N–H and O–H groups in total. The van der Waals surface area contributed by atoms with E-state index in [9.17, 15) is 18.3 Å². The summed E-state index contributed by atoms with van der Waals surface area (Å²) in [6.45, 7) is 0. The van der Waals surface area contributed by atoms with Gasteiger partial charge in [-0.05, 0) is 28.9 Å². The molecule has 2 aromatic carbocycles. The van der Waals surface area contributed by atoms with Crippen molar-refractivity contribution in [3.8, 4) is 0 Å². The normalized spacial score (nSPS) is 14.1. The zero-order chi connectivity index (χ0) is 15.5. The van der Waals surface area contributed by atoms with Gasteiger partial charge in [-0.1, -0.05) is 24.3 Å². The maximum Gasteiger partial charge on any atom is 0.404 e. The third-order valence-corrected chi connectivity index (χ3v) is 3.56. The van der Waals surface area contributed by atoms with Crippen LogP contribution in [0.4, 0.5) is 13.2 Å². The number of halogens is 3. The van der Waals surface area contributed by atoms with Crippen LogP contribution in [0.25, 0.3) is 27.7 Å². The number of hydrogen-bond donors (Lipinski definition) is 0. The van der Waals surface area contributed by atoms with Crippen molar-refractivity contribution in [3.63, 3.8) is 0 Å². The van der Waals surface area contributed by atoms with Crippen molar-refractivity contribution in [2.45, 2.75) is 6.18 Å². The molecule has 0 bridgehead atoms. The highest BCUT2D eigenvalue weighted by molar-refractivity contribution is 5.80. The number of alkyl halides is 3. The quantitative estimate of drug-likeness (QED) is 0.455. The predicted octanol–water partition coefficient (Wildman–Crippen LogP) is 0.976. The molecular weight excluding hydrogens is 295 g/mol. The van der Waals surface area contributed by atoms with E-state index < -0.39 is 17.3 Å². The molecule has 0 atom stereocenters. The lowest BCUT2D eigenvalue weighted by Crippen LogP contribution is -2.37. The molecule has 0 unspecified atom stereocenters. The highest BCUT2D eigenvalue weighted by Gasteiger charge is 2.31. The second-order valence-corrected chi connectivity index (χ2v) is 4.88. The lowest BCUT2D eigenvalue weighted by Gasteiger charge is -2.13. The Balaban J connectivity index is 2.38. The van der Waals surface area contributed by atoms with E-state index in [1.165, 1.54) is 10.6 Å². The fraction of sp³-hybridized carbons (Fsp3) is 0.0667. The summed E-state index contributed by atoms with van der Waals surface area (Å²) in [5, 5.41) is 15.7. The molecule has 22 heavy (non-hydrogen) atoms. The van der Waals surface area contributed by atoms with E-state index in [1.54, 1.807) is 42.5 Å². The largest absolute Gasteiger partial charge is 0.868 e. The van der Waals surface area contributed by atoms with Crippen LogP contribution in [-0.2, 0) is 0 Å². The fourth-order valence-corrected chi connectivity index (χ4v) is 2.67. The summed E-state index contributed by atoms with van der Waals surface area (Å²) in [6, 6.07) is 13.4. The van der Waals surface area contributed by atoms with Crippen LogP contribution < -0.4 is 15.0 Å². The monoisotopic (exact) mass is 303 g/mol. The SMILES string of the molecule is [O-]/C(=c1/c2ccccc2[n+]2c3ccccc3nn12)C(F)(F)F. The Kier molecular flexibility index (Phi) is 2.40. The first-order valence-electron chi connectivity index (χ1n) is 6.47. The van der Waals surface area contributed by atoms with Gasteiger partial charge in [0.15, 0.2) is 5.52 Å². The number of benzene rings is 2. The van der Waals surface area contributed by atoms with Gasteiger partial charge in [-0.25, -0.2) is 0 Å². The van der Waals surface area contributed by atoms with Crippen molar-refractivity contribution >= 4 is 27.7 Å². The van der Waals surface area contributed by atoms with E-state index >= 15 is 0 Å². The molecule has 4 aromatic rings. The maximum absolute atomic E-state index is 12.9. The van der Waals surface area contributed by atoms with Gasteiger partial charge in [0.2, 0.25) is 11.0 Å². The predicted molar refractivity (Wildman–Crippen MR) is 70.5 cm³/mol. The van der Waals surface area contributed by atoms with E-state index in [0.717, 1.165) is 4.63 Å². The Labute approximate surface area is 121 Å². The first kappa shape index (κ1) is 12.9. The van der Waals surface area contributed by atoms with Crippen molar-refractivity contribution in [2.24, 2.45) is 0 Å². The average Bonchev–Trinajstić information content (AvgIpc) is 2.99. The van der Waals surface area contributed by atoms with Crippen LogP contribution in [-0.4, -0.2) is 15.9 Å². The van der Waals surface area contributed by atoms with Crippen LogP contribution in [0.2, 0.25) is 0 Å². The molecule has 0 spiro atoms. The van der Waals surface area contributed by atoms with Crippen LogP contribution in [0.1, 0.15) is 0 Å². The zero-order valence-electron chi connectivity index (χ0n) is 11.0. The molecule has 0 saturated carbocycles. The third kappa shape index (κ3) is 1.59. The van der Waals surface area contributed by atoms with Crippen molar-refractivity contribution in [1.29, 1.82) is 0 Å². The Morgan fingerprint density at radius 2 is 1.64 bits per heavy atom. The summed E-state index contributed by atoms with van der Waals surface area (Å²) in [4.78, 5) is 0. The average molecular weight is 303 g/mol. The minimum absolute atomic E-state index is 0.225. The van der Waals surface area contributed by atoms with Crippen LogP contribution in [0.3, 0.4) is 0 Å². The van der Waals surface area contributed by atoms with E-state index in [4.69, 9.17) is 0 Å². The van der Waals surface area contributed by atoms with E-state index in [0.29, 0.717) is 16.6 Å². The lowest BCUT2D eigenvalue weighted by atomic mass is 10.2. The topological polar surface area (TPSA) is 44.5 Å². The molecule has 0 aliphatic rings. The van der Waals surface area contributed by atoms with Gasteiger partial charge in [-0.3, -0.25) is 0 Å². The third-order valence-electron chi connectivity index (χ3n) is 3.56. The second-order valence-electron chi connectivity index (χ2n) is 4.88. The fourth-order valence-electron chi connectivity index (χ4n) is 2.67. The van der Waals surface area contributed by atoms with Gasteiger partial charge < -0.3 is 5.11 Å². The standard InChI is InChI=1S/C15H8F3N3O/c16-15(17,18)14(22)13-9-5-1-3-7-11(9)20-12-8-4-2-6-10(12)19-21(13)20/h1-8H. The Bertz CT molecular complexity index is 1080. The van der Waals surface area contributed by atoms with E-state index in [2.05, 4.69) is 5.10 Å². The van der Waals surface area contributed by atoms with Crippen LogP contribution >= 0.6 is 0 Å². The molecule has 4 rings (SSSR count). The minimum Gasteiger partial charge on any atom is -0.868 e. The summed E-state index contributed by atoms with van der Waals surface area (Å²) < 4.78 is 41.3. The zero-order valence-corrected chi connectivity index (χ0v) is 11.0. The van der Waals surface area contributed by atoms with Crippen LogP contribution in [0, 0.1) is 0 Å². The summed E-state index contributed by atoms with van der Waals surface area (Å²) >= 11 is 0. The Hall–Kier alpha value is -2.83. The number of hydrogen-bond acceptors (Lipinski definition) is 2. The molecule has 110 valence electrons. The van der Waals surface area contributed by atoms with Crippen LogP contribution in [0.15, 0.2) is 48.5 Å². The van der Waals surface area contributed by atoms with Crippen LogP contribution in [0.5, 0.6) is 0 Å². The molecule has 0 aliphatic carbocycles. The minimum atomic E-state index is -4.96. The molecule has 0 fully saturated rings. The first-order valence-corrected chi connectivity index (χ1v) is 6.47. The van der Waals surface area contributed by atoms with Gasteiger partial charge in [0.25, 0.3) is 0 Å². The molecule has 2 heterocycles.